The van der Waals surface area contributed by atoms with Crippen molar-refractivity contribution in [3.63, 3.8) is 0 Å². The number of anilines is 1. The summed E-state index contributed by atoms with van der Waals surface area (Å²) in [6.45, 7) is 10.5. The third kappa shape index (κ3) is 1.72. The zero-order valence-corrected chi connectivity index (χ0v) is 9.38. The van der Waals surface area contributed by atoms with Crippen LogP contribution in [0, 0.1) is 0 Å². The van der Waals surface area contributed by atoms with Gasteiger partial charge in [-0.1, -0.05) is 25.3 Å². The molecule has 3 nitrogen and oxygen atoms in total. The molecule has 0 unspecified atom stereocenters. The Bertz CT molecular complexity index is 492. The Hall–Kier alpha value is -2.03. The van der Waals surface area contributed by atoms with Crippen molar-refractivity contribution in [1.82, 2.24) is 9.97 Å². The molecule has 0 bridgehead atoms. The molecule has 0 aliphatic carbocycles. The number of hydrogen-bond donors (Lipinski definition) is 2. The number of aromatic amines is 1. The van der Waals surface area contributed by atoms with Crippen LogP contribution in [0.1, 0.15) is 18.1 Å². The first-order valence-electron chi connectivity index (χ1n) is 5.31. The zero-order valence-electron chi connectivity index (χ0n) is 9.38. The van der Waals surface area contributed by atoms with Crippen molar-refractivity contribution in [1.29, 1.82) is 0 Å². The number of aromatic nitrogens is 2. The zero-order chi connectivity index (χ0) is 11.5. The topological polar surface area (TPSA) is 40.7 Å². The predicted molar refractivity (Wildman–Crippen MR) is 70.4 cm³/mol. The fourth-order valence-corrected chi connectivity index (χ4v) is 1.69. The lowest BCUT2D eigenvalue weighted by Crippen LogP contribution is -1.97. The largest absolute Gasteiger partial charge is 0.356 e. The number of imidazole rings is 1. The standard InChI is InChI=1S/C13H15N3/c1-4-9-7-11-12(8-10(9)5-2)16-13(15-11)14-6-3/h4-5,7-8H,1-2,6H2,3H3,(H2,14,15,16). The second-order valence-corrected chi connectivity index (χ2v) is 3.52. The molecule has 0 aliphatic heterocycles. The first-order valence-corrected chi connectivity index (χ1v) is 5.31. The maximum absolute atomic E-state index is 4.44. The van der Waals surface area contributed by atoms with Gasteiger partial charge in [0.1, 0.15) is 0 Å². The van der Waals surface area contributed by atoms with Gasteiger partial charge in [0.25, 0.3) is 0 Å². The van der Waals surface area contributed by atoms with Gasteiger partial charge in [-0.3, -0.25) is 0 Å². The van der Waals surface area contributed by atoms with Crippen LogP contribution in [-0.2, 0) is 0 Å². The van der Waals surface area contributed by atoms with E-state index >= 15 is 0 Å². The number of rotatable bonds is 4. The van der Waals surface area contributed by atoms with Gasteiger partial charge in [-0.05, 0) is 30.2 Å². The highest BCUT2D eigenvalue weighted by Gasteiger charge is 2.04. The van der Waals surface area contributed by atoms with E-state index in [0.29, 0.717) is 0 Å². The molecule has 0 saturated heterocycles. The molecule has 0 aliphatic rings. The molecule has 3 heteroatoms. The number of hydrogen-bond acceptors (Lipinski definition) is 2. The Balaban J connectivity index is 2.59. The van der Waals surface area contributed by atoms with Gasteiger partial charge >= 0.3 is 0 Å². The van der Waals surface area contributed by atoms with E-state index < -0.39 is 0 Å². The van der Waals surface area contributed by atoms with Gasteiger partial charge in [0.05, 0.1) is 11.0 Å². The first-order chi connectivity index (χ1) is 7.78. The number of nitrogens with one attached hydrogen (secondary N) is 2. The average molecular weight is 213 g/mol. The van der Waals surface area contributed by atoms with Gasteiger partial charge in [0.2, 0.25) is 5.95 Å². The molecule has 2 aromatic rings. The predicted octanol–water partition coefficient (Wildman–Crippen LogP) is 3.28. The van der Waals surface area contributed by atoms with Crippen molar-refractivity contribution in [2.24, 2.45) is 0 Å². The lowest BCUT2D eigenvalue weighted by molar-refractivity contribution is 1.14. The van der Waals surface area contributed by atoms with E-state index in [9.17, 15) is 0 Å². The fourth-order valence-electron chi connectivity index (χ4n) is 1.69. The van der Waals surface area contributed by atoms with E-state index in [2.05, 4.69) is 28.4 Å². The van der Waals surface area contributed by atoms with Crippen LogP contribution in [0.3, 0.4) is 0 Å². The molecule has 16 heavy (non-hydrogen) atoms. The molecule has 2 N–H and O–H groups in total. The van der Waals surface area contributed by atoms with Crippen molar-refractivity contribution in [3.05, 3.63) is 36.4 Å². The van der Waals surface area contributed by atoms with E-state index in [1.807, 2.05) is 31.2 Å². The minimum atomic E-state index is 0.800. The summed E-state index contributed by atoms with van der Waals surface area (Å²) in [5.41, 5.74) is 4.07. The summed E-state index contributed by atoms with van der Waals surface area (Å²) >= 11 is 0. The molecular formula is C13H15N3. The van der Waals surface area contributed by atoms with Crippen molar-refractivity contribution < 1.29 is 0 Å². The normalized spacial score (nSPS) is 10.3. The SMILES string of the molecule is C=Cc1cc2nc(NCC)[nH]c2cc1C=C. The van der Waals surface area contributed by atoms with Gasteiger partial charge in [0, 0.05) is 6.54 Å². The number of nitrogens with zero attached hydrogens (tertiary/aromatic N) is 1. The van der Waals surface area contributed by atoms with Crippen LogP contribution in [0.15, 0.2) is 25.3 Å². The summed E-state index contributed by atoms with van der Waals surface area (Å²) in [6.07, 6.45) is 3.64. The van der Waals surface area contributed by atoms with Crippen LogP contribution >= 0.6 is 0 Å². The smallest absolute Gasteiger partial charge is 0.201 e. The monoisotopic (exact) mass is 213 g/mol. The minimum Gasteiger partial charge on any atom is -0.356 e. The van der Waals surface area contributed by atoms with Crippen LogP contribution in [0.4, 0.5) is 5.95 Å². The Morgan fingerprint density at radius 3 is 2.62 bits per heavy atom. The molecule has 0 fully saturated rings. The van der Waals surface area contributed by atoms with Crippen molar-refractivity contribution in [3.8, 4) is 0 Å². The Morgan fingerprint density at radius 1 is 1.31 bits per heavy atom. The summed E-state index contributed by atoms with van der Waals surface area (Å²) in [6, 6.07) is 4.05. The summed E-state index contributed by atoms with van der Waals surface area (Å²) in [5, 5.41) is 3.15. The van der Waals surface area contributed by atoms with E-state index in [4.69, 9.17) is 0 Å². The summed E-state index contributed by atoms with van der Waals surface area (Å²) in [5.74, 6) is 0.800. The lowest BCUT2D eigenvalue weighted by Gasteiger charge is -1.99. The molecule has 0 atom stereocenters. The van der Waals surface area contributed by atoms with E-state index in [1.54, 1.807) is 0 Å². The number of benzene rings is 1. The molecule has 0 saturated carbocycles. The fraction of sp³-hybridized carbons (Fsp3) is 0.154. The van der Waals surface area contributed by atoms with Crippen LogP contribution in [0.5, 0.6) is 0 Å². The van der Waals surface area contributed by atoms with Gasteiger partial charge in [-0.2, -0.15) is 0 Å². The second kappa shape index (κ2) is 4.23. The van der Waals surface area contributed by atoms with Crippen LogP contribution < -0.4 is 5.32 Å². The van der Waals surface area contributed by atoms with Gasteiger partial charge in [-0.15, -0.1) is 0 Å². The van der Waals surface area contributed by atoms with Gasteiger partial charge in [-0.25, -0.2) is 4.98 Å². The molecular weight excluding hydrogens is 198 g/mol. The van der Waals surface area contributed by atoms with E-state index in [0.717, 1.165) is 34.7 Å². The van der Waals surface area contributed by atoms with Crippen molar-refractivity contribution in [2.75, 3.05) is 11.9 Å². The molecule has 0 amide bonds. The highest BCUT2D eigenvalue weighted by atomic mass is 15.1. The Kier molecular flexibility index (Phi) is 2.77. The van der Waals surface area contributed by atoms with Crippen molar-refractivity contribution in [2.45, 2.75) is 6.92 Å². The maximum atomic E-state index is 4.44. The second-order valence-electron chi connectivity index (χ2n) is 3.52. The maximum Gasteiger partial charge on any atom is 0.201 e. The number of H-pyrrole nitrogens is 1. The Labute approximate surface area is 94.9 Å². The highest BCUT2D eigenvalue weighted by molar-refractivity contribution is 5.84. The van der Waals surface area contributed by atoms with Crippen LogP contribution in [0.25, 0.3) is 23.2 Å². The van der Waals surface area contributed by atoms with E-state index in [1.165, 1.54) is 0 Å². The Morgan fingerprint density at radius 2 is 2.00 bits per heavy atom. The molecule has 1 heterocycles. The molecule has 2 rings (SSSR count). The number of fused-ring (bicyclic) bond motifs is 1. The molecule has 0 spiro atoms. The molecule has 0 radical (unpaired) electrons. The van der Waals surface area contributed by atoms with E-state index in [-0.39, 0.29) is 0 Å². The molecule has 82 valence electrons. The third-order valence-electron chi connectivity index (χ3n) is 2.47. The summed E-state index contributed by atoms with van der Waals surface area (Å²) < 4.78 is 0. The van der Waals surface area contributed by atoms with Crippen LogP contribution in [0.2, 0.25) is 0 Å². The first kappa shape index (κ1) is 10.5. The summed E-state index contributed by atoms with van der Waals surface area (Å²) in [7, 11) is 0. The lowest BCUT2D eigenvalue weighted by atomic mass is 10.1. The third-order valence-corrected chi connectivity index (χ3v) is 2.47. The molecule has 1 aromatic carbocycles. The molecule has 1 aromatic heterocycles. The van der Waals surface area contributed by atoms with Crippen molar-refractivity contribution >= 4 is 29.1 Å². The highest BCUT2D eigenvalue weighted by Crippen LogP contribution is 2.21. The summed E-state index contributed by atoms with van der Waals surface area (Å²) in [4.78, 5) is 7.66. The minimum absolute atomic E-state index is 0.800. The van der Waals surface area contributed by atoms with Crippen LogP contribution in [-0.4, -0.2) is 16.5 Å². The average Bonchev–Trinajstić information content (AvgIpc) is 2.68. The van der Waals surface area contributed by atoms with Gasteiger partial charge < -0.3 is 10.3 Å². The van der Waals surface area contributed by atoms with Gasteiger partial charge in [0.15, 0.2) is 0 Å². The quantitative estimate of drug-likeness (QED) is 0.818.